The number of furan rings is 1. The second kappa shape index (κ2) is 4.66. The SMILES string of the molecule is CCc1ccc(CC(=O)c2ccoc2C)s1. The standard InChI is InChI=1S/C13H14O2S/c1-3-10-4-5-11(16-10)8-13(14)12-6-7-15-9(12)2/h4-7H,3,8H2,1-2H3. The van der Waals surface area contributed by atoms with Crippen molar-refractivity contribution < 1.29 is 9.21 Å². The Balaban J connectivity index is 2.11. The molecule has 0 amide bonds. The summed E-state index contributed by atoms with van der Waals surface area (Å²) in [6, 6.07) is 5.87. The van der Waals surface area contributed by atoms with E-state index in [2.05, 4.69) is 13.0 Å². The summed E-state index contributed by atoms with van der Waals surface area (Å²) in [5.74, 6) is 0.841. The van der Waals surface area contributed by atoms with Gasteiger partial charge in [-0.25, -0.2) is 0 Å². The van der Waals surface area contributed by atoms with Crippen LogP contribution in [-0.4, -0.2) is 5.78 Å². The van der Waals surface area contributed by atoms with Crippen LogP contribution in [0.1, 0.15) is 32.8 Å². The summed E-state index contributed by atoms with van der Waals surface area (Å²) >= 11 is 1.71. The lowest BCUT2D eigenvalue weighted by Gasteiger charge is -1.96. The Labute approximate surface area is 98.9 Å². The molecule has 0 aliphatic heterocycles. The monoisotopic (exact) mass is 234 g/mol. The van der Waals surface area contributed by atoms with E-state index in [1.54, 1.807) is 23.7 Å². The normalized spacial score (nSPS) is 10.6. The van der Waals surface area contributed by atoms with Gasteiger partial charge in [-0.1, -0.05) is 6.92 Å². The van der Waals surface area contributed by atoms with Crippen LogP contribution in [0.25, 0.3) is 0 Å². The van der Waals surface area contributed by atoms with Gasteiger partial charge in [-0.2, -0.15) is 0 Å². The van der Waals surface area contributed by atoms with Crippen molar-refractivity contribution >= 4 is 17.1 Å². The van der Waals surface area contributed by atoms with E-state index in [0.717, 1.165) is 11.3 Å². The molecular formula is C13H14O2S. The van der Waals surface area contributed by atoms with Crippen molar-refractivity contribution in [1.29, 1.82) is 0 Å². The second-order valence-corrected chi connectivity index (χ2v) is 4.96. The van der Waals surface area contributed by atoms with Crippen LogP contribution >= 0.6 is 11.3 Å². The first-order chi connectivity index (χ1) is 7.70. The fraction of sp³-hybridized carbons (Fsp3) is 0.308. The van der Waals surface area contributed by atoms with Crippen molar-refractivity contribution in [1.82, 2.24) is 0 Å². The number of carbonyl (C=O) groups excluding carboxylic acids is 1. The minimum Gasteiger partial charge on any atom is -0.469 e. The maximum absolute atomic E-state index is 11.9. The average Bonchev–Trinajstić information content (AvgIpc) is 2.86. The molecule has 0 N–H and O–H groups in total. The van der Waals surface area contributed by atoms with Crippen molar-refractivity contribution in [2.45, 2.75) is 26.7 Å². The minimum absolute atomic E-state index is 0.135. The van der Waals surface area contributed by atoms with Gasteiger partial charge in [0.15, 0.2) is 5.78 Å². The molecule has 2 aromatic heterocycles. The lowest BCUT2D eigenvalue weighted by molar-refractivity contribution is 0.0992. The Bertz CT molecular complexity index is 494. The van der Waals surface area contributed by atoms with Gasteiger partial charge in [0.1, 0.15) is 5.76 Å². The van der Waals surface area contributed by atoms with Crippen molar-refractivity contribution in [2.24, 2.45) is 0 Å². The van der Waals surface area contributed by atoms with Gasteiger partial charge >= 0.3 is 0 Å². The Morgan fingerprint density at radius 3 is 2.62 bits per heavy atom. The number of hydrogen-bond donors (Lipinski definition) is 0. The first-order valence-electron chi connectivity index (χ1n) is 5.35. The van der Waals surface area contributed by atoms with Gasteiger partial charge in [0.05, 0.1) is 11.8 Å². The molecule has 0 atom stereocenters. The molecule has 3 heteroatoms. The lowest BCUT2D eigenvalue weighted by Crippen LogP contribution is -2.02. The molecule has 0 aliphatic carbocycles. The highest BCUT2D eigenvalue weighted by Gasteiger charge is 2.13. The molecule has 0 unspecified atom stereocenters. The second-order valence-electron chi connectivity index (χ2n) is 3.71. The van der Waals surface area contributed by atoms with E-state index in [4.69, 9.17) is 4.42 Å². The van der Waals surface area contributed by atoms with Gasteiger partial charge in [0, 0.05) is 16.2 Å². The molecule has 2 heterocycles. The smallest absolute Gasteiger partial charge is 0.171 e. The van der Waals surface area contributed by atoms with Crippen molar-refractivity contribution in [3.8, 4) is 0 Å². The number of thiophene rings is 1. The molecule has 0 saturated carbocycles. The van der Waals surface area contributed by atoms with E-state index in [1.807, 2.05) is 13.0 Å². The number of ketones is 1. The minimum atomic E-state index is 0.135. The summed E-state index contributed by atoms with van der Waals surface area (Å²) < 4.78 is 5.13. The van der Waals surface area contributed by atoms with Crippen molar-refractivity contribution in [2.75, 3.05) is 0 Å². The molecular weight excluding hydrogens is 220 g/mol. The fourth-order valence-electron chi connectivity index (χ4n) is 1.64. The van der Waals surface area contributed by atoms with Gasteiger partial charge in [0.2, 0.25) is 0 Å². The Morgan fingerprint density at radius 2 is 2.06 bits per heavy atom. The van der Waals surface area contributed by atoms with E-state index in [-0.39, 0.29) is 5.78 Å². The molecule has 0 aromatic carbocycles. The maximum atomic E-state index is 11.9. The third kappa shape index (κ3) is 2.25. The number of rotatable bonds is 4. The molecule has 2 nitrogen and oxygen atoms in total. The number of aryl methyl sites for hydroxylation is 2. The average molecular weight is 234 g/mol. The zero-order valence-corrected chi connectivity index (χ0v) is 10.3. The largest absolute Gasteiger partial charge is 0.469 e. The van der Waals surface area contributed by atoms with Gasteiger partial charge in [-0.05, 0) is 31.5 Å². The van der Waals surface area contributed by atoms with E-state index in [1.165, 1.54) is 4.88 Å². The predicted octanol–water partition coefficient (Wildman–Crippen LogP) is 3.64. The first-order valence-corrected chi connectivity index (χ1v) is 6.17. The topological polar surface area (TPSA) is 30.2 Å². The lowest BCUT2D eigenvalue weighted by atomic mass is 10.1. The maximum Gasteiger partial charge on any atom is 0.171 e. The summed E-state index contributed by atoms with van der Waals surface area (Å²) in [6.07, 6.45) is 3.07. The Hall–Kier alpha value is -1.35. The van der Waals surface area contributed by atoms with Crippen LogP contribution in [0.2, 0.25) is 0 Å². The molecule has 0 spiro atoms. The molecule has 2 aromatic rings. The van der Waals surface area contributed by atoms with Crippen molar-refractivity contribution in [3.63, 3.8) is 0 Å². The Morgan fingerprint density at radius 1 is 1.31 bits per heavy atom. The molecule has 16 heavy (non-hydrogen) atoms. The zero-order valence-electron chi connectivity index (χ0n) is 9.45. The van der Waals surface area contributed by atoms with E-state index >= 15 is 0 Å². The van der Waals surface area contributed by atoms with Crippen LogP contribution in [0.15, 0.2) is 28.9 Å². The van der Waals surface area contributed by atoms with Crippen LogP contribution in [0.5, 0.6) is 0 Å². The van der Waals surface area contributed by atoms with Crippen LogP contribution in [0, 0.1) is 6.92 Å². The molecule has 0 bridgehead atoms. The quantitative estimate of drug-likeness (QED) is 0.756. The van der Waals surface area contributed by atoms with Crippen LogP contribution in [-0.2, 0) is 12.8 Å². The molecule has 0 saturated heterocycles. The molecule has 84 valence electrons. The third-order valence-electron chi connectivity index (χ3n) is 2.56. The summed E-state index contributed by atoms with van der Waals surface area (Å²) in [4.78, 5) is 14.4. The summed E-state index contributed by atoms with van der Waals surface area (Å²) in [7, 11) is 0. The highest BCUT2D eigenvalue weighted by molar-refractivity contribution is 7.12. The number of hydrogen-bond acceptors (Lipinski definition) is 3. The highest BCUT2D eigenvalue weighted by Crippen LogP contribution is 2.20. The number of carbonyl (C=O) groups is 1. The van der Waals surface area contributed by atoms with Crippen LogP contribution in [0.4, 0.5) is 0 Å². The van der Waals surface area contributed by atoms with Gasteiger partial charge < -0.3 is 4.42 Å². The van der Waals surface area contributed by atoms with Crippen LogP contribution < -0.4 is 0 Å². The summed E-state index contributed by atoms with van der Waals surface area (Å²) in [5.41, 5.74) is 0.700. The molecule has 0 aliphatic rings. The third-order valence-corrected chi connectivity index (χ3v) is 3.79. The molecule has 2 rings (SSSR count). The molecule has 0 fully saturated rings. The summed E-state index contributed by atoms with van der Waals surface area (Å²) in [6.45, 7) is 3.94. The van der Waals surface area contributed by atoms with Crippen molar-refractivity contribution in [3.05, 3.63) is 45.5 Å². The first kappa shape index (κ1) is 11.1. The van der Waals surface area contributed by atoms with Gasteiger partial charge in [-0.15, -0.1) is 11.3 Å². The zero-order chi connectivity index (χ0) is 11.5. The van der Waals surface area contributed by atoms with Crippen LogP contribution in [0.3, 0.4) is 0 Å². The highest BCUT2D eigenvalue weighted by atomic mass is 32.1. The predicted molar refractivity (Wildman–Crippen MR) is 65.2 cm³/mol. The van der Waals surface area contributed by atoms with Gasteiger partial charge in [-0.3, -0.25) is 4.79 Å². The number of Topliss-reactive ketones (excluding diaryl/α,β-unsaturated/α-hetero) is 1. The van der Waals surface area contributed by atoms with Gasteiger partial charge in [0.25, 0.3) is 0 Å². The fourth-order valence-corrected chi connectivity index (χ4v) is 2.59. The summed E-state index contributed by atoms with van der Waals surface area (Å²) in [5, 5.41) is 0. The van der Waals surface area contributed by atoms with E-state index in [9.17, 15) is 4.79 Å². The van der Waals surface area contributed by atoms with E-state index in [0.29, 0.717) is 17.7 Å². The molecule has 0 radical (unpaired) electrons. The van der Waals surface area contributed by atoms with E-state index < -0.39 is 0 Å². The Kier molecular flexibility index (Phi) is 3.25.